The Hall–Kier alpha value is -1.79. The van der Waals surface area contributed by atoms with Crippen LogP contribution in [0.15, 0.2) is 30.6 Å². The first kappa shape index (κ1) is 20.2. The number of rotatable bonds is 5. The van der Waals surface area contributed by atoms with Crippen molar-refractivity contribution < 1.29 is 4.79 Å². The van der Waals surface area contributed by atoms with Gasteiger partial charge in [0.05, 0.1) is 0 Å². The first-order valence-electron chi connectivity index (χ1n) is 6.59. The second-order valence-electron chi connectivity index (χ2n) is 4.92. The molecule has 0 radical (unpaired) electrons. The van der Waals surface area contributed by atoms with E-state index in [9.17, 15) is 4.79 Å². The summed E-state index contributed by atoms with van der Waals surface area (Å²) < 4.78 is 1.95. The van der Waals surface area contributed by atoms with E-state index in [0.29, 0.717) is 30.3 Å². The molecule has 1 aromatic carbocycles. The van der Waals surface area contributed by atoms with E-state index in [1.165, 1.54) is 0 Å². The van der Waals surface area contributed by atoms with Crippen LogP contribution in [0.3, 0.4) is 0 Å². The number of nitrogens with zero attached hydrogens (tertiary/aromatic N) is 3. The minimum Gasteiger partial charge on any atom is -0.399 e. The SMILES string of the molecule is CC(C)c1nncn1CCNC(=O)c1cccc(N)c1.Cl.Cl. The fourth-order valence-corrected chi connectivity index (χ4v) is 1.96. The lowest BCUT2D eigenvalue weighted by atomic mass is 10.2. The third-order valence-electron chi connectivity index (χ3n) is 2.95. The Morgan fingerprint density at radius 3 is 2.73 bits per heavy atom. The van der Waals surface area contributed by atoms with E-state index in [2.05, 4.69) is 29.4 Å². The molecule has 122 valence electrons. The summed E-state index contributed by atoms with van der Waals surface area (Å²) in [7, 11) is 0. The van der Waals surface area contributed by atoms with Crippen molar-refractivity contribution in [1.29, 1.82) is 0 Å². The minimum atomic E-state index is -0.128. The number of aromatic nitrogens is 3. The number of nitrogens with one attached hydrogen (secondary N) is 1. The highest BCUT2D eigenvalue weighted by Gasteiger charge is 2.09. The van der Waals surface area contributed by atoms with Crippen molar-refractivity contribution in [2.45, 2.75) is 26.3 Å². The topological polar surface area (TPSA) is 85.8 Å². The van der Waals surface area contributed by atoms with Crippen LogP contribution in [0.1, 0.15) is 35.9 Å². The molecule has 0 saturated carbocycles. The van der Waals surface area contributed by atoms with Crippen LogP contribution >= 0.6 is 24.8 Å². The predicted octanol–water partition coefficient (Wildman–Crippen LogP) is 2.26. The van der Waals surface area contributed by atoms with Crippen LogP contribution in [0, 0.1) is 0 Å². The summed E-state index contributed by atoms with van der Waals surface area (Å²) in [6.45, 7) is 5.29. The van der Waals surface area contributed by atoms with E-state index < -0.39 is 0 Å². The summed E-state index contributed by atoms with van der Waals surface area (Å²) in [6, 6.07) is 6.92. The van der Waals surface area contributed by atoms with Crippen molar-refractivity contribution in [2.24, 2.45) is 0 Å². The van der Waals surface area contributed by atoms with E-state index in [1.807, 2.05) is 4.57 Å². The van der Waals surface area contributed by atoms with Crippen LogP contribution in [-0.2, 0) is 6.54 Å². The number of anilines is 1. The highest BCUT2D eigenvalue weighted by molar-refractivity contribution is 5.94. The van der Waals surface area contributed by atoms with E-state index in [-0.39, 0.29) is 30.7 Å². The molecule has 0 aliphatic heterocycles. The van der Waals surface area contributed by atoms with Gasteiger partial charge in [0.15, 0.2) is 0 Å². The monoisotopic (exact) mass is 345 g/mol. The van der Waals surface area contributed by atoms with Gasteiger partial charge in [-0.3, -0.25) is 4.79 Å². The Labute approximate surface area is 142 Å². The Balaban J connectivity index is 0.00000220. The number of hydrogen-bond donors (Lipinski definition) is 2. The van der Waals surface area contributed by atoms with Crippen molar-refractivity contribution in [3.8, 4) is 0 Å². The average molecular weight is 346 g/mol. The third kappa shape index (κ3) is 5.20. The maximum absolute atomic E-state index is 11.9. The summed E-state index contributed by atoms with van der Waals surface area (Å²) in [5, 5.41) is 10.8. The maximum Gasteiger partial charge on any atom is 0.251 e. The van der Waals surface area contributed by atoms with Gasteiger partial charge in [-0.25, -0.2) is 0 Å². The summed E-state index contributed by atoms with van der Waals surface area (Å²) in [4.78, 5) is 11.9. The van der Waals surface area contributed by atoms with Crippen LogP contribution in [0.4, 0.5) is 5.69 Å². The molecule has 1 amide bonds. The fraction of sp³-hybridized carbons (Fsp3) is 0.357. The normalized spacial score (nSPS) is 9.77. The number of nitrogen functional groups attached to an aromatic ring is 1. The van der Waals surface area contributed by atoms with Crippen LogP contribution < -0.4 is 11.1 Å². The largest absolute Gasteiger partial charge is 0.399 e. The lowest BCUT2D eigenvalue weighted by Crippen LogP contribution is -2.27. The molecule has 1 heterocycles. The van der Waals surface area contributed by atoms with Crippen molar-refractivity contribution >= 4 is 36.4 Å². The molecule has 1 aromatic heterocycles. The van der Waals surface area contributed by atoms with Crippen LogP contribution in [0.2, 0.25) is 0 Å². The zero-order valence-electron chi connectivity index (χ0n) is 12.5. The number of nitrogens with two attached hydrogens (primary N) is 1. The zero-order chi connectivity index (χ0) is 14.5. The second kappa shape index (κ2) is 9.27. The van der Waals surface area contributed by atoms with Gasteiger partial charge in [-0.15, -0.1) is 35.0 Å². The van der Waals surface area contributed by atoms with Gasteiger partial charge >= 0.3 is 0 Å². The van der Waals surface area contributed by atoms with Crippen molar-refractivity contribution in [3.05, 3.63) is 42.0 Å². The molecule has 0 aliphatic carbocycles. The molecular weight excluding hydrogens is 325 g/mol. The molecular formula is C14H21Cl2N5O. The number of benzene rings is 1. The number of carbonyl (C=O) groups excluding carboxylic acids is 1. The standard InChI is InChI=1S/C14H19N5O.2ClH/c1-10(2)13-18-17-9-19(13)7-6-16-14(20)11-4-3-5-12(15)8-11;;/h3-5,8-10H,6-7,15H2,1-2H3,(H,16,20);2*1H. The molecule has 0 aliphatic rings. The van der Waals surface area contributed by atoms with E-state index in [1.54, 1.807) is 30.6 Å². The van der Waals surface area contributed by atoms with Gasteiger partial charge in [0, 0.05) is 30.3 Å². The Morgan fingerprint density at radius 2 is 2.09 bits per heavy atom. The molecule has 8 heteroatoms. The van der Waals surface area contributed by atoms with Crippen molar-refractivity contribution in [3.63, 3.8) is 0 Å². The van der Waals surface area contributed by atoms with E-state index >= 15 is 0 Å². The van der Waals surface area contributed by atoms with Crippen LogP contribution in [0.25, 0.3) is 0 Å². The molecule has 3 N–H and O–H groups in total. The highest BCUT2D eigenvalue weighted by atomic mass is 35.5. The van der Waals surface area contributed by atoms with Gasteiger partial charge in [-0.2, -0.15) is 0 Å². The molecule has 22 heavy (non-hydrogen) atoms. The van der Waals surface area contributed by atoms with Crippen molar-refractivity contribution in [2.75, 3.05) is 12.3 Å². The number of amides is 1. The fourth-order valence-electron chi connectivity index (χ4n) is 1.96. The first-order chi connectivity index (χ1) is 9.58. The molecule has 0 fully saturated rings. The Bertz CT molecular complexity index is 600. The van der Waals surface area contributed by atoms with Gasteiger partial charge in [0.2, 0.25) is 0 Å². The maximum atomic E-state index is 11.9. The van der Waals surface area contributed by atoms with Crippen LogP contribution in [-0.4, -0.2) is 27.2 Å². The summed E-state index contributed by atoms with van der Waals surface area (Å²) in [5.74, 6) is 1.10. The van der Waals surface area contributed by atoms with Gasteiger partial charge in [0.25, 0.3) is 5.91 Å². The molecule has 0 spiro atoms. The average Bonchev–Trinajstić information content (AvgIpc) is 2.87. The van der Waals surface area contributed by atoms with Gasteiger partial charge in [-0.05, 0) is 18.2 Å². The van der Waals surface area contributed by atoms with E-state index in [0.717, 1.165) is 5.82 Å². The molecule has 2 aromatic rings. The Morgan fingerprint density at radius 1 is 1.36 bits per heavy atom. The molecule has 0 unspecified atom stereocenters. The lowest BCUT2D eigenvalue weighted by molar-refractivity contribution is 0.0952. The summed E-state index contributed by atoms with van der Waals surface area (Å²) >= 11 is 0. The smallest absolute Gasteiger partial charge is 0.251 e. The molecule has 2 rings (SSSR count). The lowest BCUT2D eigenvalue weighted by Gasteiger charge is -2.10. The summed E-state index contributed by atoms with van der Waals surface area (Å²) in [5.41, 5.74) is 6.80. The zero-order valence-corrected chi connectivity index (χ0v) is 14.2. The third-order valence-corrected chi connectivity index (χ3v) is 2.95. The minimum absolute atomic E-state index is 0. The van der Waals surface area contributed by atoms with Gasteiger partial charge in [-0.1, -0.05) is 19.9 Å². The highest BCUT2D eigenvalue weighted by Crippen LogP contribution is 2.10. The number of hydrogen-bond acceptors (Lipinski definition) is 4. The predicted molar refractivity (Wildman–Crippen MR) is 91.8 cm³/mol. The van der Waals surface area contributed by atoms with Crippen LogP contribution in [0.5, 0.6) is 0 Å². The molecule has 6 nitrogen and oxygen atoms in total. The summed E-state index contributed by atoms with van der Waals surface area (Å²) in [6.07, 6.45) is 1.68. The molecule has 0 bridgehead atoms. The van der Waals surface area contributed by atoms with Gasteiger partial charge in [0.1, 0.15) is 12.2 Å². The number of halogens is 2. The van der Waals surface area contributed by atoms with Crippen molar-refractivity contribution in [1.82, 2.24) is 20.1 Å². The van der Waals surface area contributed by atoms with E-state index in [4.69, 9.17) is 5.73 Å². The van der Waals surface area contributed by atoms with Gasteiger partial charge < -0.3 is 15.6 Å². The quantitative estimate of drug-likeness (QED) is 0.813. The second-order valence-corrected chi connectivity index (χ2v) is 4.92. The first-order valence-corrected chi connectivity index (χ1v) is 6.59. The number of carbonyl (C=O) groups is 1. The molecule has 0 atom stereocenters. The Kier molecular flexibility index (Phi) is 8.52. The molecule has 0 saturated heterocycles.